The van der Waals surface area contributed by atoms with Crippen LogP contribution in [-0.2, 0) is 0 Å². The van der Waals surface area contributed by atoms with Crippen molar-refractivity contribution in [2.24, 2.45) is 0 Å². The number of carbonyl (C=O) groups excluding carboxylic acids is 1. The van der Waals surface area contributed by atoms with Crippen molar-refractivity contribution in [3.8, 4) is 11.8 Å². The van der Waals surface area contributed by atoms with E-state index < -0.39 is 12.5 Å². The number of nitrogens with zero attached hydrogens (tertiary/aromatic N) is 1. The number of rotatable bonds is 4. The number of carbonyl (C=O) groups is 1. The molecule has 1 aromatic heterocycles. The molecule has 1 N–H and O–H groups in total. The predicted octanol–water partition coefficient (Wildman–Crippen LogP) is 1.60. The fourth-order valence-corrected chi connectivity index (χ4v) is 1.59. The molecule has 1 heterocycles. The molecule has 0 aliphatic carbocycles. The van der Waals surface area contributed by atoms with Crippen LogP contribution in [0.4, 0.5) is 8.78 Å². The van der Waals surface area contributed by atoms with Gasteiger partial charge in [-0.25, -0.2) is 0 Å². The first-order chi connectivity index (χ1) is 7.15. The summed E-state index contributed by atoms with van der Waals surface area (Å²) in [5.41, 5.74) is 0. The Labute approximate surface area is 88.1 Å². The van der Waals surface area contributed by atoms with Crippen LogP contribution < -0.4 is 10.1 Å². The summed E-state index contributed by atoms with van der Waals surface area (Å²) in [5.74, 6) is -0.771. The normalized spacial score (nSPS) is 9.73. The maximum atomic E-state index is 11.9. The van der Waals surface area contributed by atoms with E-state index in [0.29, 0.717) is 0 Å². The summed E-state index contributed by atoms with van der Waals surface area (Å²) < 4.78 is 27.9. The van der Waals surface area contributed by atoms with E-state index in [4.69, 9.17) is 5.26 Å². The second-order valence-electron chi connectivity index (χ2n) is 2.33. The highest BCUT2D eigenvalue weighted by Gasteiger charge is 2.16. The van der Waals surface area contributed by atoms with Gasteiger partial charge in [-0.05, 0) is 11.4 Å². The molecule has 0 saturated heterocycles. The van der Waals surface area contributed by atoms with E-state index in [-0.39, 0.29) is 17.2 Å². The molecule has 0 aliphatic heterocycles. The predicted molar refractivity (Wildman–Crippen MR) is 48.9 cm³/mol. The number of nitriles is 1. The molecule has 0 fully saturated rings. The summed E-state index contributed by atoms with van der Waals surface area (Å²) in [6, 6.07) is 2.98. The number of alkyl halides is 2. The molecular formula is C8H6F2N2O2S. The largest absolute Gasteiger partial charge is 0.433 e. The minimum atomic E-state index is -2.97. The zero-order chi connectivity index (χ0) is 11.3. The molecule has 0 unspecified atom stereocenters. The third kappa shape index (κ3) is 3.18. The average Bonchev–Trinajstić information content (AvgIpc) is 2.61. The van der Waals surface area contributed by atoms with Crippen LogP contribution in [-0.4, -0.2) is 19.1 Å². The smallest absolute Gasteiger partial charge is 0.387 e. The Morgan fingerprint density at radius 2 is 2.47 bits per heavy atom. The third-order valence-electron chi connectivity index (χ3n) is 1.38. The van der Waals surface area contributed by atoms with Gasteiger partial charge in [0.1, 0.15) is 17.2 Å². The molecule has 0 spiro atoms. The number of nitrogens with one attached hydrogen (secondary N) is 1. The minimum absolute atomic E-state index is 0.0329. The highest BCUT2D eigenvalue weighted by atomic mass is 32.1. The van der Waals surface area contributed by atoms with E-state index in [0.717, 1.165) is 11.3 Å². The summed E-state index contributed by atoms with van der Waals surface area (Å²) in [6.45, 7) is -3.15. The number of ether oxygens (including phenoxy) is 1. The Morgan fingerprint density at radius 1 is 1.73 bits per heavy atom. The average molecular weight is 232 g/mol. The Bertz CT molecular complexity index is 386. The van der Waals surface area contributed by atoms with Crippen LogP contribution in [0.1, 0.15) is 9.67 Å². The van der Waals surface area contributed by atoms with Gasteiger partial charge in [0.15, 0.2) is 0 Å². The van der Waals surface area contributed by atoms with Crippen molar-refractivity contribution in [1.29, 1.82) is 5.26 Å². The van der Waals surface area contributed by atoms with E-state index in [1.54, 1.807) is 6.07 Å². The zero-order valence-electron chi connectivity index (χ0n) is 7.37. The third-order valence-corrected chi connectivity index (χ3v) is 2.27. The van der Waals surface area contributed by atoms with Crippen LogP contribution in [0.25, 0.3) is 0 Å². The minimum Gasteiger partial charge on any atom is -0.433 e. The van der Waals surface area contributed by atoms with Gasteiger partial charge in [0.25, 0.3) is 5.91 Å². The Balaban J connectivity index is 2.72. The van der Waals surface area contributed by atoms with Gasteiger partial charge in [-0.15, -0.1) is 11.3 Å². The molecule has 0 saturated carbocycles. The quantitative estimate of drug-likeness (QED) is 0.802. The van der Waals surface area contributed by atoms with E-state index in [1.807, 2.05) is 0 Å². The maximum Gasteiger partial charge on any atom is 0.387 e. The van der Waals surface area contributed by atoms with E-state index in [2.05, 4.69) is 10.1 Å². The number of amides is 1. The molecule has 1 rings (SSSR count). The summed E-state index contributed by atoms with van der Waals surface area (Å²) in [6.07, 6.45) is 0. The second kappa shape index (κ2) is 5.26. The monoisotopic (exact) mass is 232 g/mol. The molecular weight excluding hydrogens is 226 g/mol. The van der Waals surface area contributed by atoms with Gasteiger partial charge in [0.2, 0.25) is 0 Å². The van der Waals surface area contributed by atoms with Gasteiger partial charge in [0, 0.05) is 0 Å². The summed E-state index contributed by atoms with van der Waals surface area (Å²) in [5, 5.41) is 11.9. The molecule has 0 aromatic carbocycles. The number of thiophene rings is 1. The fraction of sp³-hybridized carbons (Fsp3) is 0.250. The molecule has 1 aromatic rings. The highest BCUT2D eigenvalue weighted by molar-refractivity contribution is 7.12. The number of halogens is 2. The van der Waals surface area contributed by atoms with E-state index in [1.165, 1.54) is 11.4 Å². The van der Waals surface area contributed by atoms with Gasteiger partial charge in [0.05, 0.1) is 6.07 Å². The lowest BCUT2D eigenvalue weighted by molar-refractivity contribution is -0.0498. The Morgan fingerprint density at radius 3 is 3.07 bits per heavy atom. The van der Waals surface area contributed by atoms with E-state index in [9.17, 15) is 13.6 Å². The SMILES string of the molecule is N#CCNC(=O)c1sccc1OC(F)F. The van der Waals surface area contributed by atoms with Crippen LogP contribution in [0.15, 0.2) is 11.4 Å². The molecule has 0 radical (unpaired) electrons. The summed E-state index contributed by atoms with van der Waals surface area (Å²) in [7, 11) is 0. The molecule has 1 amide bonds. The van der Waals surface area contributed by atoms with Crippen molar-refractivity contribution in [1.82, 2.24) is 5.32 Å². The zero-order valence-corrected chi connectivity index (χ0v) is 8.18. The molecule has 0 aliphatic rings. The Kier molecular flexibility index (Phi) is 4.00. The van der Waals surface area contributed by atoms with Crippen LogP contribution in [0.5, 0.6) is 5.75 Å². The standard InChI is InChI=1S/C8H6F2N2O2S/c9-8(10)14-5-1-4-15-6(5)7(13)12-3-2-11/h1,4,8H,3H2,(H,12,13). The van der Waals surface area contributed by atoms with Crippen LogP contribution in [0, 0.1) is 11.3 Å². The summed E-state index contributed by atoms with van der Waals surface area (Å²) >= 11 is 0.970. The summed E-state index contributed by atoms with van der Waals surface area (Å²) in [4.78, 5) is 11.3. The molecule has 0 atom stereocenters. The van der Waals surface area contributed by atoms with Gasteiger partial charge in [-0.3, -0.25) is 4.79 Å². The fourth-order valence-electron chi connectivity index (χ4n) is 0.852. The van der Waals surface area contributed by atoms with Crippen molar-refractivity contribution in [2.45, 2.75) is 6.61 Å². The van der Waals surface area contributed by atoms with Crippen LogP contribution in [0.2, 0.25) is 0 Å². The molecule has 80 valence electrons. The van der Waals surface area contributed by atoms with Gasteiger partial charge >= 0.3 is 6.61 Å². The van der Waals surface area contributed by atoms with Gasteiger partial charge in [-0.2, -0.15) is 14.0 Å². The second-order valence-corrected chi connectivity index (χ2v) is 3.25. The highest BCUT2D eigenvalue weighted by Crippen LogP contribution is 2.26. The lowest BCUT2D eigenvalue weighted by atomic mass is 10.4. The van der Waals surface area contributed by atoms with Crippen LogP contribution in [0.3, 0.4) is 0 Å². The van der Waals surface area contributed by atoms with Crippen molar-refractivity contribution in [2.75, 3.05) is 6.54 Å². The van der Waals surface area contributed by atoms with Crippen molar-refractivity contribution < 1.29 is 18.3 Å². The van der Waals surface area contributed by atoms with Gasteiger partial charge in [-0.1, -0.05) is 0 Å². The van der Waals surface area contributed by atoms with E-state index >= 15 is 0 Å². The molecule has 15 heavy (non-hydrogen) atoms. The molecule has 7 heteroatoms. The lowest BCUT2D eigenvalue weighted by Gasteiger charge is -2.04. The van der Waals surface area contributed by atoms with Crippen molar-refractivity contribution >= 4 is 17.2 Å². The number of hydrogen-bond donors (Lipinski definition) is 1. The topological polar surface area (TPSA) is 62.1 Å². The van der Waals surface area contributed by atoms with Gasteiger partial charge < -0.3 is 10.1 Å². The maximum absolute atomic E-state index is 11.9. The van der Waals surface area contributed by atoms with Crippen LogP contribution >= 0.6 is 11.3 Å². The first kappa shape index (κ1) is 11.4. The molecule has 4 nitrogen and oxygen atoms in total. The molecule has 0 bridgehead atoms. The van der Waals surface area contributed by atoms with Crippen molar-refractivity contribution in [3.63, 3.8) is 0 Å². The number of hydrogen-bond acceptors (Lipinski definition) is 4. The van der Waals surface area contributed by atoms with Crippen molar-refractivity contribution in [3.05, 3.63) is 16.3 Å². The Hall–Kier alpha value is -1.68. The first-order valence-electron chi connectivity index (χ1n) is 3.82. The lowest BCUT2D eigenvalue weighted by Crippen LogP contribution is -2.23. The first-order valence-corrected chi connectivity index (χ1v) is 4.70.